The molecule has 0 bridgehead atoms. The number of hydrogen-bond donors (Lipinski definition) is 1. The summed E-state index contributed by atoms with van der Waals surface area (Å²) in [5, 5.41) is 8.91. The minimum absolute atomic E-state index is 0.452. The molecule has 4 nitrogen and oxygen atoms in total. The Morgan fingerprint density at radius 2 is 2.22 bits per heavy atom. The summed E-state index contributed by atoms with van der Waals surface area (Å²) < 4.78 is 5.86. The average Bonchev–Trinajstić information content (AvgIpc) is 2.39. The van der Waals surface area contributed by atoms with Crippen molar-refractivity contribution in [2.24, 2.45) is 5.73 Å². The molecule has 102 valence electrons. The van der Waals surface area contributed by atoms with Crippen molar-refractivity contribution in [1.29, 1.82) is 5.26 Å². The number of nitriles is 1. The second-order valence-corrected chi connectivity index (χ2v) is 5.93. The van der Waals surface area contributed by atoms with E-state index in [1.165, 1.54) is 25.7 Å². The van der Waals surface area contributed by atoms with Crippen molar-refractivity contribution >= 4 is 0 Å². The van der Waals surface area contributed by atoms with Gasteiger partial charge in [0.15, 0.2) is 0 Å². The standard InChI is InChI=1S/C14H25N3O/c1-14(16,11-15)7-4-8-17-9-10-18-13-6-3-2-5-12(13)17/h12-13H,2-10,16H2,1H3. The minimum atomic E-state index is -0.668. The molecule has 3 unspecified atom stereocenters. The second kappa shape index (κ2) is 6.01. The molecule has 0 radical (unpaired) electrons. The Labute approximate surface area is 110 Å². The summed E-state index contributed by atoms with van der Waals surface area (Å²) in [7, 11) is 0. The highest BCUT2D eigenvalue weighted by Gasteiger charge is 2.33. The highest BCUT2D eigenvalue weighted by Crippen LogP contribution is 2.28. The highest BCUT2D eigenvalue weighted by atomic mass is 16.5. The normalized spacial score (nSPS) is 32.3. The van der Waals surface area contributed by atoms with Crippen molar-refractivity contribution in [3.05, 3.63) is 0 Å². The Morgan fingerprint density at radius 1 is 1.44 bits per heavy atom. The van der Waals surface area contributed by atoms with Crippen molar-refractivity contribution in [3.8, 4) is 6.07 Å². The molecule has 3 atom stereocenters. The van der Waals surface area contributed by atoms with E-state index in [1.54, 1.807) is 0 Å². The number of nitrogens with zero attached hydrogens (tertiary/aromatic N) is 2. The van der Waals surface area contributed by atoms with Crippen molar-refractivity contribution in [1.82, 2.24) is 4.90 Å². The number of rotatable bonds is 4. The molecule has 0 aromatic heterocycles. The molecular weight excluding hydrogens is 226 g/mol. The van der Waals surface area contributed by atoms with Gasteiger partial charge >= 0.3 is 0 Å². The summed E-state index contributed by atoms with van der Waals surface area (Å²) in [5.41, 5.74) is 5.19. The van der Waals surface area contributed by atoms with Gasteiger partial charge in [0.1, 0.15) is 5.54 Å². The maximum Gasteiger partial charge on any atom is 0.101 e. The predicted octanol–water partition coefficient (Wildman–Crippen LogP) is 1.65. The molecule has 4 heteroatoms. The first kappa shape index (κ1) is 13.8. The Bertz CT molecular complexity index is 309. The van der Waals surface area contributed by atoms with Gasteiger partial charge in [-0.2, -0.15) is 5.26 Å². The molecule has 2 rings (SSSR count). The average molecular weight is 251 g/mol. The summed E-state index contributed by atoms with van der Waals surface area (Å²) in [5.74, 6) is 0. The van der Waals surface area contributed by atoms with E-state index in [1.807, 2.05) is 6.92 Å². The van der Waals surface area contributed by atoms with Crippen LogP contribution in [0.5, 0.6) is 0 Å². The first-order chi connectivity index (χ1) is 8.62. The number of ether oxygens (including phenoxy) is 1. The van der Waals surface area contributed by atoms with Gasteiger partial charge in [0.2, 0.25) is 0 Å². The van der Waals surface area contributed by atoms with Crippen LogP contribution >= 0.6 is 0 Å². The topological polar surface area (TPSA) is 62.3 Å². The van der Waals surface area contributed by atoms with Gasteiger partial charge in [0.25, 0.3) is 0 Å². The summed E-state index contributed by atoms with van der Waals surface area (Å²) in [6.45, 7) is 4.77. The van der Waals surface area contributed by atoms with E-state index in [0.29, 0.717) is 12.1 Å². The molecule has 0 amide bonds. The molecule has 1 heterocycles. The van der Waals surface area contributed by atoms with Crippen LogP contribution in [0.1, 0.15) is 45.4 Å². The molecule has 2 aliphatic rings. The Morgan fingerprint density at radius 3 is 3.00 bits per heavy atom. The van der Waals surface area contributed by atoms with Crippen LogP contribution in [0, 0.1) is 11.3 Å². The van der Waals surface area contributed by atoms with E-state index >= 15 is 0 Å². The summed E-state index contributed by atoms with van der Waals surface area (Å²) in [6.07, 6.45) is 7.35. The largest absolute Gasteiger partial charge is 0.375 e. The fraction of sp³-hybridized carbons (Fsp3) is 0.929. The minimum Gasteiger partial charge on any atom is -0.375 e. The molecular formula is C14H25N3O. The number of fused-ring (bicyclic) bond motifs is 1. The Kier molecular flexibility index (Phi) is 4.60. The van der Waals surface area contributed by atoms with E-state index in [9.17, 15) is 0 Å². The Hall–Kier alpha value is -0.630. The molecule has 2 N–H and O–H groups in total. The zero-order valence-corrected chi connectivity index (χ0v) is 11.4. The molecule has 1 aliphatic heterocycles. The van der Waals surface area contributed by atoms with Crippen LogP contribution in [0.4, 0.5) is 0 Å². The first-order valence-electron chi connectivity index (χ1n) is 7.18. The molecule has 0 aromatic carbocycles. The number of morpholine rings is 1. The van der Waals surface area contributed by atoms with Gasteiger partial charge in [0, 0.05) is 12.6 Å². The van der Waals surface area contributed by atoms with Gasteiger partial charge in [-0.05, 0) is 39.2 Å². The van der Waals surface area contributed by atoms with Gasteiger partial charge in [-0.25, -0.2) is 0 Å². The van der Waals surface area contributed by atoms with Crippen molar-refractivity contribution in [2.45, 2.75) is 63.1 Å². The van der Waals surface area contributed by atoms with E-state index < -0.39 is 5.54 Å². The maximum absolute atomic E-state index is 8.91. The lowest BCUT2D eigenvalue weighted by atomic mass is 9.89. The molecule has 0 spiro atoms. The second-order valence-electron chi connectivity index (χ2n) is 5.93. The van der Waals surface area contributed by atoms with Crippen LogP contribution in [0.2, 0.25) is 0 Å². The van der Waals surface area contributed by atoms with Gasteiger partial charge in [-0.15, -0.1) is 0 Å². The van der Waals surface area contributed by atoms with Gasteiger partial charge < -0.3 is 10.5 Å². The lowest BCUT2D eigenvalue weighted by Crippen LogP contribution is -2.53. The van der Waals surface area contributed by atoms with Crippen LogP contribution in [0.25, 0.3) is 0 Å². The summed E-state index contributed by atoms with van der Waals surface area (Å²) >= 11 is 0. The molecule has 1 aliphatic carbocycles. The third kappa shape index (κ3) is 3.44. The van der Waals surface area contributed by atoms with Crippen molar-refractivity contribution in [3.63, 3.8) is 0 Å². The zero-order valence-electron chi connectivity index (χ0n) is 11.4. The van der Waals surface area contributed by atoms with Crippen LogP contribution in [-0.4, -0.2) is 42.3 Å². The quantitative estimate of drug-likeness (QED) is 0.825. The van der Waals surface area contributed by atoms with Crippen molar-refractivity contribution in [2.75, 3.05) is 19.7 Å². The monoisotopic (exact) mass is 251 g/mol. The van der Waals surface area contributed by atoms with E-state index in [0.717, 1.165) is 32.5 Å². The van der Waals surface area contributed by atoms with Crippen LogP contribution in [0.3, 0.4) is 0 Å². The number of hydrogen-bond acceptors (Lipinski definition) is 4. The lowest BCUT2D eigenvalue weighted by Gasteiger charge is -2.44. The maximum atomic E-state index is 8.91. The van der Waals surface area contributed by atoms with Crippen LogP contribution < -0.4 is 5.73 Å². The third-order valence-corrected chi connectivity index (χ3v) is 4.24. The fourth-order valence-electron chi connectivity index (χ4n) is 3.16. The van der Waals surface area contributed by atoms with Crippen molar-refractivity contribution < 1.29 is 4.74 Å². The molecule has 18 heavy (non-hydrogen) atoms. The van der Waals surface area contributed by atoms with E-state index in [4.69, 9.17) is 15.7 Å². The van der Waals surface area contributed by atoms with Gasteiger partial charge in [-0.1, -0.05) is 12.8 Å². The lowest BCUT2D eigenvalue weighted by molar-refractivity contribution is -0.0883. The van der Waals surface area contributed by atoms with Crippen LogP contribution in [-0.2, 0) is 4.74 Å². The highest BCUT2D eigenvalue weighted by molar-refractivity contribution is 5.00. The fourth-order valence-corrected chi connectivity index (χ4v) is 3.16. The summed E-state index contributed by atoms with van der Waals surface area (Å²) in [4.78, 5) is 2.56. The number of nitrogens with two attached hydrogens (primary N) is 1. The van der Waals surface area contributed by atoms with Crippen LogP contribution in [0.15, 0.2) is 0 Å². The van der Waals surface area contributed by atoms with E-state index in [2.05, 4.69) is 11.0 Å². The molecule has 0 aromatic rings. The first-order valence-corrected chi connectivity index (χ1v) is 7.18. The zero-order chi connectivity index (χ0) is 13.0. The SMILES string of the molecule is CC(N)(C#N)CCCN1CCOC2CCCCC21. The summed E-state index contributed by atoms with van der Waals surface area (Å²) in [6, 6.07) is 2.78. The molecule has 1 saturated carbocycles. The van der Waals surface area contributed by atoms with Gasteiger partial charge in [0.05, 0.1) is 18.8 Å². The van der Waals surface area contributed by atoms with E-state index in [-0.39, 0.29) is 0 Å². The predicted molar refractivity (Wildman–Crippen MR) is 71.0 cm³/mol. The third-order valence-electron chi connectivity index (χ3n) is 4.24. The Balaban J connectivity index is 1.79. The van der Waals surface area contributed by atoms with Gasteiger partial charge in [-0.3, -0.25) is 4.90 Å². The molecule has 2 fully saturated rings. The smallest absolute Gasteiger partial charge is 0.101 e. The molecule has 1 saturated heterocycles.